The number of benzene rings is 1. The summed E-state index contributed by atoms with van der Waals surface area (Å²) in [7, 11) is 0. The monoisotopic (exact) mass is 384 g/mol. The molecule has 1 aliphatic heterocycles. The predicted octanol–water partition coefficient (Wildman–Crippen LogP) is 4.15. The second-order valence-corrected chi connectivity index (χ2v) is 7.57. The molecular formula is C22H28N2O4. The summed E-state index contributed by atoms with van der Waals surface area (Å²) in [6, 6.07) is 8.02. The first-order chi connectivity index (χ1) is 13.6. The molecule has 0 bridgehead atoms. The molecule has 0 atom stereocenters. The van der Waals surface area contributed by atoms with E-state index in [0.717, 1.165) is 17.0 Å². The van der Waals surface area contributed by atoms with Gasteiger partial charge in [0.25, 0.3) is 5.91 Å². The lowest BCUT2D eigenvalue weighted by Crippen LogP contribution is -2.28. The van der Waals surface area contributed by atoms with Gasteiger partial charge in [0.1, 0.15) is 12.4 Å². The number of ether oxygens (including phenoxy) is 3. The first kappa shape index (κ1) is 18.7. The van der Waals surface area contributed by atoms with Crippen molar-refractivity contribution >= 4 is 5.91 Å². The second-order valence-electron chi connectivity index (χ2n) is 7.57. The fourth-order valence-corrected chi connectivity index (χ4v) is 4.30. The van der Waals surface area contributed by atoms with Gasteiger partial charge in [0.05, 0.1) is 12.1 Å². The summed E-state index contributed by atoms with van der Waals surface area (Å²) in [6.45, 7) is 5.24. The van der Waals surface area contributed by atoms with Crippen LogP contribution in [0.4, 0.5) is 0 Å². The zero-order valence-electron chi connectivity index (χ0n) is 16.6. The lowest BCUT2D eigenvalue weighted by molar-refractivity contribution is 0.0946. The number of hydrogen-bond acceptors (Lipinski definition) is 4. The van der Waals surface area contributed by atoms with Gasteiger partial charge in [-0.1, -0.05) is 19.3 Å². The minimum absolute atomic E-state index is 0.0375. The van der Waals surface area contributed by atoms with Crippen LogP contribution in [-0.4, -0.2) is 30.4 Å². The van der Waals surface area contributed by atoms with Crippen LogP contribution in [0.3, 0.4) is 0 Å². The Bertz CT molecular complexity index is 852. The van der Waals surface area contributed by atoms with Crippen molar-refractivity contribution in [3.8, 4) is 17.2 Å². The van der Waals surface area contributed by atoms with E-state index in [-0.39, 0.29) is 12.7 Å². The minimum atomic E-state index is -0.0375. The molecule has 6 heteroatoms. The van der Waals surface area contributed by atoms with Gasteiger partial charge in [-0.05, 0) is 44.9 Å². The van der Waals surface area contributed by atoms with E-state index in [2.05, 4.69) is 23.7 Å². The zero-order valence-corrected chi connectivity index (χ0v) is 16.6. The highest BCUT2D eigenvalue weighted by molar-refractivity contribution is 5.95. The quantitative estimate of drug-likeness (QED) is 0.760. The second kappa shape index (κ2) is 8.17. The zero-order chi connectivity index (χ0) is 19.5. The van der Waals surface area contributed by atoms with Crippen molar-refractivity contribution in [1.82, 2.24) is 9.88 Å². The summed E-state index contributed by atoms with van der Waals surface area (Å²) < 4.78 is 18.7. The average Bonchev–Trinajstić information content (AvgIpc) is 3.29. The molecule has 2 aromatic rings. The first-order valence-electron chi connectivity index (χ1n) is 10.1. The Labute approximate surface area is 165 Å². The van der Waals surface area contributed by atoms with Crippen LogP contribution in [0.5, 0.6) is 17.2 Å². The van der Waals surface area contributed by atoms with Crippen molar-refractivity contribution in [2.24, 2.45) is 0 Å². The van der Waals surface area contributed by atoms with Crippen LogP contribution in [-0.2, 0) is 0 Å². The van der Waals surface area contributed by atoms with Crippen LogP contribution < -0.4 is 19.5 Å². The SMILES string of the molecule is Cc1cc(C(=O)NCCOc2ccc3c(c2)OCO3)c(C)n1C1CCCCC1. The number of carbonyl (C=O) groups excluding carboxylic acids is 1. The highest BCUT2D eigenvalue weighted by Gasteiger charge is 2.22. The number of fused-ring (bicyclic) bond motifs is 1. The number of aromatic nitrogens is 1. The van der Waals surface area contributed by atoms with Crippen molar-refractivity contribution in [2.45, 2.75) is 52.0 Å². The van der Waals surface area contributed by atoms with Crippen LogP contribution >= 0.6 is 0 Å². The minimum Gasteiger partial charge on any atom is -0.492 e. The van der Waals surface area contributed by atoms with Gasteiger partial charge in [0, 0.05) is 23.5 Å². The molecule has 0 unspecified atom stereocenters. The molecule has 0 radical (unpaired) electrons. The van der Waals surface area contributed by atoms with Gasteiger partial charge < -0.3 is 24.1 Å². The summed E-state index contributed by atoms with van der Waals surface area (Å²) in [5, 5.41) is 2.97. The highest BCUT2D eigenvalue weighted by Crippen LogP contribution is 2.35. The van der Waals surface area contributed by atoms with Gasteiger partial charge in [-0.3, -0.25) is 4.79 Å². The topological polar surface area (TPSA) is 61.7 Å². The molecule has 0 saturated heterocycles. The van der Waals surface area contributed by atoms with Crippen LogP contribution in [0, 0.1) is 13.8 Å². The van der Waals surface area contributed by atoms with Crippen LogP contribution in [0.25, 0.3) is 0 Å². The first-order valence-corrected chi connectivity index (χ1v) is 10.1. The van der Waals surface area contributed by atoms with Gasteiger partial charge in [-0.25, -0.2) is 0 Å². The molecule has 150 valence electrons. The summed E-state index contributed by atoms with van der Waals surface area (Å²) in [5.74, 6) is 2.09. The molecule has 0 spiro atoms. The fraction of sp³-hybridized carbons (Fsp3) is 0.500. The molecule has 1 aromatic carbocycles. The Balaban J connectivity index is 1.31. The van der Waals surface area contributed by atoms with Crippen molar-refractivity contribution < 1.29 is 19.0 Å². The third kappa shape index (κ3) is 3.81. The average molecular weight is 384 g/mol. The third-order valence-corrected chi connectivity index (χ3v) is 5.67. The maximum atomic E-state index is 12.7. The van der Waals surface area contributed by atoms with E-state index in [1.165, 1.54) is 37.8 Å². The van der Waals surface area contributed by atoms with Gasteiger partial charge in [-0.15, -0.1) is 0 Å². The summed E-state index contributed by atoms with van der Waals surface area (Å²) in [5.41, 5.74) is 3.01. The van der Waals surface area contributed by atoms with E-state index >= 15 is 0 Å². The standard InChI is InChI=1S/C22H28N2O4/c1-15-12-19(16(2)24(15)17-6-4-3-5-7-17)22(25)23-10-11-26-18-8-9-20-21(13-18)28-14-27-20/h8-9,12-13,17H,3-7,10-11,14H2,1-2H3,(H,23,25). The molecule has 1 fully saturated rings. The van der Waals surface area contributed by atoms with E-state index in [9.17, 15) is 4.79 Å². The summed E-state index contributed by atoms with van der Waals surface area (Å²) in [6.07, 6.45) is 6.30. The number of rotatable bonds is 6. The van der Waals surface area contributed by atoms with Gasteiger partial charge in [0.2, 0.25) is 6.79 Å². The molecule has 28 heavy (non-hydrogen) atoms. The number of amides is 1. The van der Waals surface area contributed by atoms with Crippen molar-refractivity contribution in [1.29, 1.82) is 0 Å². The Morgan fingerprint density at radius 1 is 1.14 bits per heavy atom. The molecule has 1 N–H and O–H groups in total. The molecule has 1 saturated carbocycles. The van der Waals surface area contributed by atoms with E-state index in [1.54, 1.807) is 0 Å². The smallest absolute Gasteiger partial charge is 0.253 e. The Hall–Kier alpha value is -2.63. The number of aryl methyl sites for hydroxylation is 1. The number of carbonyl (C=O) groups is 1. The predicted molar refractivity (Wildman–Crippen MR) is 106 cm³/mol. The summed E-state index contributed by atoms with van der Waals surface area (Å²) in [4.78, 5) is 12.7. The number of nitrogens with one attached hydrogen (secondary N) is 1. The number of hydrogen-bond donors (Lipinski definition) is 1. The third-order valence-electron chi connectivity index (χ3n) is 5.67. The maximum absolute atomic E-state index is 12.7. The molecule has 2 heterocycles. The van der Waals surface area contributed by atoms with E-state index in [1.807, 2.05) is 24.3 Å². The Morgan fingerprint density at radius 2 is 1.93 bits per heavy atom. The van der Waals surface area contributed by atoms with E-state index < -0.39 is 0 Å². The van der Waals surface area contributed by atoms with E-state index in [0.29, 0.717) is 30.7 Å². The molecule has 6 nitrogen and oxygen atoms in total. The maximum Gasteiger partial charge on any atom is 0.253 e. The van der Waals surface area contributed by atoms with Crippen molar-refractivity contribution in [2.75, 3.05) is 19.9 Å². The molecule has 1 amide bonds. The Morgan fingerprint density at radius 3 is 2.75 bits per heavy atom. The summed E-state index contributed by atoms with van der Waals surface area (Å²) >= 11 is 0. The highest BCUT2D eigenvalue weighted by atomic mass is 16.7. The lowest BCUT2D eigenvalue weighted by atomic mass is 9.95. The number of nitrogens with zero attached hydrogens (tertiary/aromatic N) is 1. The molecule has 2 aliphatic rings. The largest absolute Gasteiger partial charge is 0.492 e. The fourth-order valence-electron chi connectivity index (χ4n) is 4.30. The van der Waals surface area contributed by atoms with Gasteiger partial charge in [-0.2, -0.15) is 0 Å². The van der Waals surface area contributed by atoms with Crippen LogP contribution in [0.2, 0.25) is 0 Å². The van der Waals surface area contributed by atoms with Gasteiger partial charge in [0.15, 0.2) is 11.5 Å². The Kier molecular flexibility index (Phi) is 5.46. The molecule has 4 rings (SSSR count). The van der Waals surface area contributed by atoms with Crippen molar-refractivity contribution in [3.63, 3.8) is 0 Å². The van der Waals surface area contributed by atoms with Crippen molar-refractivity contribution in [3.05, 3.63) is 41.2 Å². The van der Waals surface area contributed by atoms with E-state index in [4.69, 9.17) is 14.2 Å². The molecule has 1 aromatic heterocycles. The lowest BCUT2D eigenvalue weighted by Gasteiger charge is -2.26. The normalized spacial score (nSPS) is 16.2. The van der Waals surface area contributed by atoms with Crippen LogP contribution in [0.15, 0.2) is 24.3 Å². The molecule has 1 aliphatic carbocycles. The van der Waals surface area contributed by atoms with Gasteiger partial charge >= 0.3 is 0 Å². The van der Waals surface area contributed by atoms with Crippen LogP contribution in [0.1, 0.15) is 59.9 Å². The molecular weight excluding hydrogens is 356 g/mol.